The van der Waals surface area contributed by atoms with Crippen LogP contribution < -0.4 is 22.3 Å². The number of likely N-dealkylation sites (N-methyl/N-ethyl adjacent to an activating group) is 1. The Labute approximate surface area is 127 Å². The van der Waals surface area contributed by atoms with E-state index >= 15 is 0 Å². The highest BCUT2D eigenvalue weighted by Gasteiger charge is 2.15. The van der Waals surface area contributed by atoms with Crippen LogP contribution >= 0.6 is 0 Å². The third kappa shape index (κ3) is 2.76. The maximum Gasteiger partial charge on any atom is 0.299 e. The minimum absolute atomic E-state index is 0.126. The first-order chi connectivity index (χ1) is 10.3. The number of rotatable bonds is 3. The van der Waals surface area contributed by atoms with Gasteiger partial charge in [0.2, 0.25) is 5.91 Å². The Hall–Kier alpha value is -2.90. The molecule has 0 aliphatic carbocycles. The van der Waals surface area contributed by atoms with Crippen LogP contribution in [0.5, 0.6) is 0 Å². The van der Waals surface area contributed by atoms with Gasteiger partial charge in [0.05, 0.1) is 12.1 Å². The van der Waals surface area contributed by atoms with Crippen LogP contribution in [0.1, 0.15) is 17.0 Å². The summed E-state index contributed by atoms with van der Waals surface area (Å²) >= 11 is 0. The highest BCUT2D eigenvalue weighted by Crippen LogP contribution is 2.19. The second-order valence-corrected chi connectivity index (χ2v) is 4.92. The Morgan fingerprint density at radius 2 is 2.05 bits per heavy atom. The average Bonchev–Trinajstić information content (AvgIpc) is 2.48. The van der Waals surface area contributed by atoms with Crippen LogP contribution in [0.25, 0.3) is 5.82 Å². The summed E-state index contributed by atoms with van der Waals surface area (Å²) in [7, 11) is 1.56. The van der Waals surface area contributed by atoms with Gasteiger partial charge in [0.15, 0.2) is 11.6 Å². The molecule has 1 amide bonds. The molecule has 2 rings (SSSR count). The largest absolute Gasteiger partial charge is 0.396 e. The van der Waals surface area contributed by atoms with E-state index < -0.39 is 5.56 Å². The minimum Gasteiger partial charge on any atom is -0.396 e. The van der Waals surface area contributed by atoms with Crippen molar-refractivity contribution in [2.24, 2.45) is 0 Å². The van der Waals surface area contributed by atoms with Crippen molar-refractivity contribution in [1.82, 2.24) is 19.9 Å². The predicted molar refractivity (Wildman–Crippen MR) is 83.7 cm³/mol. The molecule has 0 aromatic carbocycles. The number of anilines is 2. The molecule has 0 saturated heterocycles. The van der Waals surface area contributed by atoms with E-state index in [1.165, 1.54) is 10.8 Å². The highest BCUT2D eigenvalue weighted by atomic mass is 16.1. The lowest BCUT2D eigenvalue weighted by Gasteiger charge is -2.14. The maximum atomic E-state index is 12.2. The predicted octanol–water partition coefficient (Wildman–Crippen LogP) is -0.303. The molecule has 116 valence electrons. The van der Waals surface area contributed by atoms with Crippen LogP contribution in [0.2, 0.25) is 0 Å². The van der Waals surface area contributed by atoms with E-state index in [4.69, 9.17) is 11.5 Å². The molecule has 0 unspecified atom stereocenters. The van der Waals surface area contributed by atoms with Crippen LogP contribution in [-0.4, -0.2) is 27.5 Å². The summed E-state index contributed by atoms with van der Waals surface area (Å²) in [5.74, 6) is 0.0206. The Balaban J connectivity index is 2.60. The van der Waals surface area contributed by atoms with Crippen molar-refractivity contribution in [2.45, 2.75) is 20.3 Å². The number of nitrogens with two attached hydrogens (primary N) is 2. The zero-order valence-corrected chi connectivity index (χ0v) is 12.7. The fourth-order valence-corrected chi connectivity index (χ4v) is 2.09. The summed E-state index contributed by atoms with van der Waals surface area (Å²) in [4.78, 5) is 31.8. The molecule has 2 aromatic heterocycles. The third-order valence-electron chi connectivity index (χ3n) is 3.33. The number of aromatic nitrogens is 3. The monoisotopic (exact) mass is 302 g/mol. The van der Waals surface area contributed by atoms with Crippen LogP contribution in [0.4, 0.5) is 11.5 Å². The van der Waals surface area contributed by atoms with Gasteiger partial charge in [-0.3, -0.25) is 14.2 Å². The van der Waals surface area contributed by atoms with E-state index in [-0.39, 0.29) is 24.0 Å². The SMILES string of the molecule is CNC(=O)Cc1cc(N)c(-n2c(C)cnc(N)c2=O)nc1C. The number of carbonyl (C=O) groups is 1. The minimum atomic E-state index is -0.474. The molecule has 0 aliphatic heterocycles. The summed E-state index contributed by atoms with van der Waals surface area (Å²) in [5, 5.41) is 2.54. The van der Waals surface area contributed by atoms with Gasteiger partial charge in [0, 0.05) is 24.6 Å². The van der Waals surface area contributed by atoms with Crippen molar-refractivity contribution in [2.75, 3.05) is 18.5 Å². The molecule has 2 aromatic rings. The molecule has 2 heterocycles. The van der Waals surface area contributed by atoms with Crippen molar-refractivity contribution in [1.29, 1.82) is 0 Å². The zero-order valence-electron chi connectivity index (χ0n) is 12.7. The number of hydrogen-bond donors (Lipinski definition) is 3. The molecule has 0 aliphatic rings. The number of nitrogens with zero attached hydrogens (tertiary/aromatic N) is 3. The highest BCUT2D eigenvalue weighted by molar-refractivity contribution is 5.79. The molecular weight excluding hydrogens is 284 g/mol. The number of amides is 1. The molecule has 8 heteroatoms. The first kappa shape index (κ1) is 15.5. The lowest BCUT2D eigenvalue weighted by Crippen LogP contribution is -2.27. The summed E-state index contributed by atoms with van der Waals surface area (Å²) in [6, 6.07) is 1.65. The molecule has 0 bridgehead atoms. The Morgan fingerprint density at radius 1 is 1.36 bits per heavy atom. The van der Waals surface area contributed by atoms with Crippen molar-refractivity contribution in [3.8, 4) is 5.82 Å². The normalized spacial score (nSPS) is 10.5. The first-order valence-electron chi connectivity index (χ1n) is 6.66. The van der Waals surface area contributed by atoms with Gasteiger partial charge in [-0.25, -0.2) is 9.97 Å². The summed E-state index contributed by atoms with van der Waals surface area (Å²) < 4.78 is 1.31. The van der Waals surface area contributed by atoms with E-state index in [1.807, 2.05) is 0 Å². The van der Waals surface area contributed by atoms with E-state index in [9.17, 15) is 9.59 Å². The number of pyridine rings is 1. The summed E-state index contributed by atoms with van der Waals surface area (Å²) in [6.45, 7) is 3.47. The van der Waals surface area contributed by atoms with Crippen molar-refractivity contribution >= 4 is 17.4 Å². The van der Waals surface area contributed by atoms with Crippen LogP contribution in [0, 0.1) is 13.8 Å². The summed E-state index contributed by atoms with van der Waals surface area (Å²) in [5.41, 5.74) is 13.3. The van der Waals surface area contributed by atoms with Gasteiger partial charge < -0.3 is 16.8 Å². The van der Waals surface area contributed by atoms with E-state index in [0.717, 1.165) is 0 Å². The van der Waals surface area contributed by atoms with Crippen molar-refractivity contribution in [3.63, 3.8) is 0 Å². The quantitative estimate of drug-likeness (QED) is 0.713. The molecule has 8 nitrogen and oxygen atoms in total. The molecule has 0 atom stereocenters. The van der Waals surface area contributed by atoms with Crippen LogP contribution in [0.15, 0.2) is 17.1 Å². The van der Waals surface area contributed by atoms with Gasteiger partial charge in [-0.1, -0.05) is 0 Å². The lowest BCUT2D eigenvalue weighted by atomic mass is 10.1. The van der Waals surface area contributed by atoms with Gasteiger partial charge in [-0.15, -0.1) is 0 Å². The van der Waals surface area contributed by atoms with E-state index in [0.29, 0.717) is 22.6 Å². The Morgan fingerprint density at radius 3 is 2.68 bits per heavy atom. The fraction of sp³-hybridized carbons (Fsp3) is 0.286. The van der Waals surface area contributed by atoms with Crippen molar-refractivity contribution < 1.29 is 4.79 Å². The fourth-order valence-electron chi connectivity index (χ4n) is 2.09. The molecule has 0 fully saturated rings. The molecule has 0 radical (unpaired) electrons. The van der Waals surface area contributed by atoms with Gasteiger partial charge in [0.1, 0.15) is 0 Å². The number of hydrogen-bond acceptors (Lipinski definition) is 6. The first-order valence-corrected chi connectivity index (χ1v) is 6.66. The van der Waals surface area contributed by atoms with Crippen LogP contribution in [0.3, 0.4) is 0 Å². The lowest BCUT2D eigenvalue weighted by molar-refractivity contribution is -0.119. The van der Waals surface area contributed by atoms with Crippen molar-refractivity contribution in [3.05, 3.63) is 39.6 Å². The van der Waals surface area contributed by atoms with Gasteiger partial charge in [-0.05, 0) is 25.5 Å². The Bertz CT molecular complexity index is 797. The van der Waals surface area contributed by atoms with Gasteiger partial charge >= 0.3 is 0 Å². The molecule has 0 spiro atoms. The van der Waals surface area contributed by atoms with E-state index in [2.05, 4.69) is 15.3 Å². The van der Waals surface area contributed by atoms with Gasteiger partial charge in [-0.2, -0.15) is 0 Å². The molecular formula is C14H18N6O2. The Kier molecular flexibility index (Phi) is 4.11. The number of nitrogens with one attached hydrogen (secondary N) is 1. The molecule has 5 N–H and O–H groups in total. The zero-order chi connectivity index (χ0) is 16.4. The number of aryl methyl sites for hydroxylation is 2. The summed E-state index contributed by atoms with van der Waals surface area (Å²) in [6.07, 6.45) is 1.65. The smallest absolute Gasteiger partial charge is 0.299 e. The van der Waals surface area contributed by atoms with Crippen LogP contribution in [-0.2, 0) is 11.2 Å². The standard InChI is InChI=1S/C14H18N6O2/c1-7-6-18-12(16)14(22)20(7)13-10(15)4-9(8(2)19-13)5-11(21)17-3/h4,6H,5,15H2,1-3H3,(H2,16,18)(H,17,21). The second kappa shape index (κ2) is 5.84. The molecule has 22 heavy (non-hydrogen) atoms. The maximum absolute atomic E-state index is 12.2. The number of nitrogen functional groups attached to an aromatic ring is 2. The average molecular weight is 302 g/mol. The number of carbonyl (C=O) groups excluding carboxylic acids is 1. The topological polar surface area (TPSA) is 129 Å². The second-order valence-electron chi connectivity index (χ2n) is 4.92. The van der Waals surface area contributed by atoms with Gasteiger partial charge in [0.25, 0.3) is 5.56 Å². The third-order valence-corrected chi connectivity index (χ3v) is 3.33. The van der Waals surface area contributed by atoms with E-state index in [1.54, 1.807) is 27.0 Å². The molecule has 0 saturated carbocycles.